The molecular formula is C73H78F2O16. The minimum absolute atomic E-state index is 0.00691. The lowest BCUT2D eigenvalue weighted by molar-refractivity contribution is -0.246. The Balaban J connectivity index is 0.755. The third-order valence-corrected chi connectivity index (χ3v) is 24.2. The van der Waals surface area contributed by atoms with E-state index in [4.69, 9.17) is 37.9 Å². The monoisotopic (exact) mass is 1250 g/mol. The van der Waals surface area contributed by atoms with Gasteiger partial charge in [-0.25, -0.2) is 18.4 Å². The van der Waals surface area contributed by atoms with Crippen molar-refractivity contribution < 1.29 is 85.7 Å². The lowest BCUT2D eigenvalue weighted by atomic mass is 9.44. The van der Waals surface area contributed by atoms with Crippen molar-refractivity contribution in [2.45, 2.75) is 172 Å². The standard InChI is InChI=1S/C73H78F2O16/c1-64(2)88-58-32-52-50-21-19-40-29-42(76)23-25-66(40,5)70(50,74)54(78)34-68(52,7)72(58,90-64)56(80)36-86-62(82)48-27-38-15-11-13-17-44(38)46(60(48)84-9)31-47-45-18-14-12-16-39(45)28-49(61(47)85-10)63(83)87-37-57(81)73-59(89-65(3,4)91-73)33-53-51-22-20-41-30-43(77)24-26-67(41,6)71(51,75)55(79)35-69(53,73)8/h11-18,23-30,50-55,58-59,78-79H,19-22,31-37H2,1-10H3/t50-,51-,52-,53-,54-,55-,58+,59+,66-,67-,68-,69-,70-,71-,72+,73+/m0/s1. The first-order valence-electron chi connectivity index (χ1n) is 31.9. The summed E-state index contributed by atoms with van der Waals surface area (Å²) in [7, 11) is 2.82. The molecule has 0 bridgehead atoms. The number of allylic oxidation sites excluding steroid dienone is 8. The van der Waals surface area contributed by atoms with Gasteiger partial charge in [-0.3, -0.25) is 19.2 Å². The highest BCUT2D eigenvalue weighted by Crippen LogP contribution is 2.74. The number of ether oxygens (including phenoxy) is 8. The molecule has 2 N–H and O–H groups in total. The molecule has 91 heavy (non-hydrogen) atoms. The second-order valence-corrected chi connectivity index (χ2v) is 29.2. The first kappa shape index (κ1) is 61.7. The number of hydrogen-bond acceptors (Lipinski definition) is 16. The normalized spacial score (nSPS) is 39.3. The number of rotatable bonds is 12. The van der Waals surface area contributed by atoms with E-state index in [1.54, 1.807) is 65.8 Å². The molecule has 14 rings (SSSR count). The van der Waals surface area contributed by atoms with Gasteiger partial charge in [0.05, 0.1) is 38.6 Å². The molecule has 0 aromatic heterocycles. The van der Waals surface area contributed by atoms with E-state index in [1.165, 1.54) is 38.5 Å². The highest BCUT2D eigenvalue weighted by atomic mass is 19.1. The first-order chi connectivity index (χ1) is 42.9. The average molecular weight is 1250 g/mol. The number of Topliss-reactive ketones (excluding diaryl/α,β-unsaturated/α-hetero) is 2. The summed E-state index contributed by atoms with van der Waals surface area (Å²) in [5, 5.41) is 27.0. The number of carbonyl (C=O) groups excluding carboxylic acids is 6. The van der Waals surface area contributed by atoms with Crippen molar-refractivity contribution in [1.82, 2.24) is 0 Å². The van der Waals surface area contributed by atoms with E-state index in [2.05, 4.69) is 0 Å². The Morgan fingerprint density at radius 3 is 1.34 bits per heavy atom. The molecule has 0 amide bonds. The van der Waals surface area contributed by atoms with Crippen LogP contribution in [0.2, 0.25) is 0 Å². The van der Waals surface area contributed by atoms with E-state index >= 15 is 18.4 Å². The van der Waals surface area contributed by atoms with Crippen molar-refractivity contribution in [2.75, 3.05) is 27.4 Å². The van der Waals surface area contributed by atoms with Crippen LogP contribution in [0.5, 0.6) is 11.5 Å². The predicted molar refractivity (Wildman–Crippen MR) is 327 cm³/mol. The number of aliphatic hydroxyl groups is 2. The van der Waals surface area contributed by atoms with Gasteiger partial charge in [-0.2, -0.15) is 0 Å². The molecule has 2 aliphatic heterocycles. The maximum atomic E-state index is 18.2. The zero-order valence-corrected chi connectivity index (χ0v) is 53.0. The number of alkyl halides is 2. The summed E-state index contributed by atoms with van der Waals surface area (Å²) in [4.78, 5) is 85.5. The molecule has 16 nitrogen and oxygen atoms in total. The molecular weight excluding hydrogens is 1170 g/mol. The van der Waals surface area contributed by atoms with Gasteiger partial charge in [0.2, 0.25) is 11.6 Å². The third kappa shape index (κ3) is 8.17. The molecule has 10 aliphatic rings. The lowest BCUT2D eigenvalue weighted by Crippen LogP contribution is -2.70. The molecule has 2 heterocycles. The zero-order chi connectivity index (χ0) is 64.8. The highest BCUT2D eigenvalue weighted by Gasteiger charge is 2.82. The second kappa shape index (κ2) is 20.4. The van der Waals surface area contributed by atoms with Crippen molar-refractivity contribution in [2.24, 2.45) is 45.3 Å². The summed E-state index contributed by atoms with van der Waals surface area (Å²) in [6.07, 6.45) is 5.54. The number of benzene rings is 4. The molecule has 4 aromatic carbocycles. The molecule has 4 aromatic rings. The number of fused-ring (bicyclic) bond motifs is 16. The molecule has 8 fully saturated rings. The van der Waals surface area contributed by atoms with Crippen molar-refractivity contribution in [3.8, 4) is 11.5 Å². The van der Waals surface area contributed by atoms with Gasteiger partial charge in [-0.1, -0.05) is 85.7 Å². The van der Waals surface area contributed by atoms with Crippen molar-refractivity contribution in [3.63, 3.8) is 0 Å². The number of carbonyl (C=O) groups is 6. The van der Waals surface area contributed by atoms with E-state index in [0.717, 1.165) is 0 Å². The largest absolute Gasteiger partial charge is 0.496 e. The molecule has 16 atom stereocenters. The molecule has 0 spiro atoms. The quantitative estimate of drug-likeness (QED) is 0.126. The highest BCUT2D eigenvalue weighted by molar-refractivity contribution is 6.05. The van der Waals surface area contributed by atoms with Crippen molar-refractivity contribution >= 4 is 56.6 Å². The van der Waals surface area contributed by atoms with Gasteiger partial charge >= 0.3 is 11.9 Å². The van der Waals surface area contributed by atoms with Crippen LogP contribution in [0.1, 0.15) is 139 Å². The van der Waals surface area contributed by atoms with Gasteiger partial charge in [0, 0.05) is 51.0 Å². The summed E-state index contributed by atoms with van der Waals surface area (Å²) in [6.45, 7) is 12.4. The zero-order valence-electron chi connectivity index (χ0n) is 53.0. The molecule has 2 saturated heterocycles. The summed E-state index contributed by atoms with van der Waals surface area (Å²) in [6, 6.07) is 17.9. The van der Waals surface area contributed by atoms with Gasteiger partial charge in [0.1, 0.15) is 22.6 Å². The van der Waals surface area contributed by atoms with Crippen LogP contribution in [0.15, 0.2) is 108 Å². The number of hydrogen-bond donors (Lipinski definition) is 2. The molecule has 18 heteroatoms. The summed E-state index contributed by atoms with van der Waals surface area (Å²) >= 11 is 0. The minimum atomic E-state index is -2.18. The van der Waals surface area contributed by atoms with E-state index in [1.807, 2.05) is 62.4 Å². The van der Waals surface area contributed by atoms with E-state index in [0.29, 0.717) is 69.5 Å². The first-order valence-corrected chi connectivity index (χ1v) is 31.9. The average Bonchev–Trinajstić information content (AvgIpc) is 1.57. The van der Waals surface area contributed by atoms with E-state index < -0.39 is 141 Å². The van der Waals surface area contributed by atoms with Gasteiger partial charge < -0.3 is 48.1 Å². The topological polar surface area (TPSA) is 217 Å². The Hall–Kier alpha value is -6.80. The SMILES string of the molecule is COc1c(C(=O)OCC(=O)[C@@]23OC(C)(C)O[C@@H]2C[C@H]2[C@@H]4CCC5=CC(=O)C=C[C@]5(C)[C@@]4(F)[C@@H](O)C[C@@]23C)cc2ccccc2c1Cc1c(OC)c(C(=O)OCC(=O)[C@@]23OC(C)(C)O[C@@H]2C[C@H]2[C@@H]4CCC5=CC(=O)C=C[C@]5(C)[C@@]4(F)[C@@H](O)C[C@@]23C)cc2ccccc12. The van der Waals surface area contributed by atoms with Gasteiger partial charge in [-0.15, -0.1) is 0 Å². The molecule has 480 valence electrons. The summed E-state index contributed by atoms with van der Waals surface area (Å²) in [5.74, 6) is -8.32. The van der Waals surface area contributed by atoms with Crippen molar-refractivity contribution in [1.29, 1.82) is 0 Å². The van der Waals surface area contributed by atoms with E-state index in [9.17, 15) is 29.4 Å². The Bertz CT molecular complexity index is 3760. The fourth-order valence-electron chi connectivity index (χ4n) is 20.4. The molecule has 8 aliphatic carbocycles. The number of halogens is 2. The Morgan fingerprint density at radius 2 is 0.956 bits per heavy atom. The molecule has 6 saturated carbocycles. The van der Waals surface area contributed by atoms with Crippen LogP contribution in [0, 0.1) is 45.3 Å². The number of ketones is 4. The third-order valence-electron chi connectivity index (χ3n) is 24.2. The smallest absolute Gasteiger partial charge is 0.342 e. The van der Waals surface area contributed by atoms with Gasteiger partial charge in [0.15, 0.2) is 58.9 Å². The maximum absolute atomic E-state index is 18.2. The van der Waals surface area contributed by atoms with Crippen molar-refractivity contribution in [3.05, 3.63) is 131 Å². The van der Waals surface area contributed by atoms with Crippen LogP contribution >= 0.6 is 0 Å². The van der Waals surface area contributed by atoms with Crippen LogP contribution in [-0.2, 0) is 54.0 Å². The second-order valence-electron chi connectivity index (χ2n) is 29.2. The lowest BCUT2D eigenvalue weighted by Gasteiger charge is -2.62. The Kier molecular flexibility index (Phi) is 13.8. The van der Waals surface area contributed by atoms with Crippen LogP contribution in [-0.4, -0.2) is 131 Å². The summed E-state index contributed by atoms with van der Waals surface area (Å²) < 4.78 is 87.5. The fraction of sp³-hybridized carbons (Fsp3) is 0.534. The van der Waals surface area contributed by atoms with E-state index in [-0.39, 0.29) is 66.3 Å². The summed E-state index contributed by atoms with van der Waals surface area (Å²) in [5.41, 5.74) is -10.6. The minimum Gasteiger partial charge on any atom is -0.496 e. The molecule has 0 radical (unpaired) electrons. The fourth-order valence-corrected chi connectivity index (χ4v) is 20.4. The van der Waals surface area contributed by atoms with Crippen LogP contribution in [0.25, 0.3) is 21.5 Å². The van der Waals surface area contributed by atoms with Gasteiger partial charge in [-0.05, 0) is 163 Å². The maximum Gasteiger partial charge on any atom is 0.342 e. The Labute approximate surface area is 526 Å². The number of aliphatic hydroxyl groups excluding tert-OH is 2. The Morgan fingerprint density at radius 1 is 0.571 bits per heavy atom. The van der Waals surface area contributed by atoms with Crippen LogP contribution < -0.4 is 9.47 Å². The predicted octanol–water partition coefficient (Wildman–Crippen LogP) is 10.8. The number of methoxy groups -OCH3 is 2. The van der Waals surface area contributed by atoms with Crippen LogP contribution in [0.3, 0.4) is 0 Å². The number of esters is 2. The van der Waals surface area contributed by atoms with Gasteiger partial charge in [0.25, 0.3) is 0 Å². The molecule has 0 unspecified atom stereocenters. The van der Waals surface area contributed by atoms with Crippen LogP contribution in [0.4, 0.5) is 8.78 Å².